The van der Waals surface area contributed by atoms with Gasteiger partial charge in [0, 0.05) is 19.3 Å². The van der Waals surface area contributed by atoms with Crippen molar-refractivity contribution in [1.29, 1.82) is 0 Å². The number of carboxylic acids is 1. The van der Waals surface area contributed by atoms with E-state index in [1.165, 1.54) is 116 Å². The topological polar surface area (TPSA) is 99.1 Å². The second-order valence-electron chi connectivity index (χ2n) is 16.3. The van der Waals surface area contributed by atoms with Gasteiger partial charge in [0.05, 0.1) is 34.4 Å². The number of carbonyl (C=O) groups excluding carboxylic acids is 2. The van der Waals surface area contributed by atoms with Crippen LogP contribution in [0.15, 0.2) is 24.3 Å². The second-order valence-corrected chi connectivity index (χ2v) is 16.3. The average Bonchev–Trinajstić information content (AvgIpc) is 3.12. The van der Waals surface area contributed by atoms with Crippen LogP contribution < -0.4 is 0 Å². The number of carbonyl (C=O) groups is 3. The molecule has 0 radical (unpaired) electrons. The number of esters is 2. The summed E-state index contributed by atoms with van der Waals surface area (Å²) >= 11 is 0. The van der Waals surface area contributed by atoms with Gasteiger partial charge in [-0.05, 0) is 38.5 Å². The molecule has 0 amide bonds. The van der Waals surface area contributed by atoms with Crippen LogP contribution in [0.1, 0.15) is 200 Å². The first-order chi connectivity index (χ1) is 26.1. The number of hydrogen-bond acceptors (Lipinski definition) is 6. The van der Waals surface area contributed by atoms with Crippen molar-refractivity contribution in [3.8, 4) is 0 Å². The van der Waals surface area contributed by atoms with Crippen LogP contribution in [0.2, 0.25) is 0 Å². The lowest BCUT2D eigenvalue weighted by molar-refractivity contribution is -0.887. The number of quaternary nitrogens is 1. The van der Waals surface area contributed by atoms with Gasteiger partial charge in [0.25, 0.3) is 0 Å². The molecule has 316 valence electrons. The van der Waals surface area contributed by atoms with Crippen LogP contribution in [0.5, 0.6) is 0 Å². The number of nitrogens with zero attached hydrogens (tertiary/aromatic N) is 1. The van der Waals surface area contributed by atoms with Crippen molar-refractivity contribution in [2.75, 3.05) is 41.0 Å². The van der Waals surface area contributed by atoms with Gasteiger partial charge in [0.1, 0.15) is 6.61 Å². The summed E-state index contributed by atoms with van der Waals surface area (Å²) in [4.78, 5) is 37.0. The van der Waals surface area contributed by atoms with Gasteiger partial charge in [0.15, 0.2) is 12.1 Å². The van der Waals surface area contributed by atoms with E-state index >= 15 is 0 Å². The molecular formula is C46H86NO7+. The minimum Gasteiger partial charge on any atom is -0.477 e. The molecule has 0 fully saturated rings. The smallest absolute Gasteiger partial charge is 0.362 e. The molecule has 0 bridgehead atoms. The first-order valence-corrected chi connectivity index (χ1v) is 22.4. The average molecular weight is 765 g/mol. The van der Waals surface area contributed by atoms with Crippen molar-refractivity contribution >= 4 is 17.9 Å². The summed E-state index contributed by atoms with van der Waals surface area (Å²) < 4.78 is 17.3. The molecule has 2 atom stereocenters. The number of aliphatic carboxylic acids is 1. The van der Waals surface area contributed by atoms with Crippen molar-refractivity contribution in [2.24, 2.45) is 0 Å². The van der Waals surface area contributed by atoms with Crippen LogP contribution in [0, 0.1) is 0 Å². The predicted octanol–water partition coefficient (Wildman–Crippen LogP) is 12.1. The Labute approximate surface area is 332 Å². The standard InChI is InChI=1S/C46H85NO7/c1-6-8-10-12-14-16-18-20-22-24-26-28-30-32-34-36-44(48)53-41-42(40-52-39-38-43(46(50)51)47(3,4)5)54-45(49)37-35-33-31-29-27-25-23-21-19-17-15-13-11-9-7-2/h15,17,19,21,42-43H,6-14,16,18,20,22-41H2,1-5H3/p+1/b17-15+,21-19+. The molecule has 0 aliphatic carbocycles. The highest BCUT2D eigenvalue weighted by Gasteiger charge is 2.31. The minimum absolute atomic E-state index is 0.0515. The number of ether oxygens (including phenoxy) is 3. The van der Waals surface area contributed by atoms with E-state index in [0.29, 0.717) is 19.3 Å². The van der Waals surface area contributed by atoms with Gasteiger partial charge >= 0.3 is 17.9 Å². The van der Waals surface area contributed by atoms with Gasteiger partial charge in [-0.15, -0.1) is 0 Å². The van der Waals surface area contributed by atoms with Crippen molar-refractivity contribution in [2.45, 2.75) is 212 Å². The molecule has 0 aromatic carbocycles. The molecule has 8 nitrogen and oxygen atoms in total. The molecular weight excluding hydrogens is 679 g/mol. The van der Waals surface area contributed by atoms with E-state index in [4.69, 9.17) is 14.2 Å². The zero-order valence-corrected chi connectivity index (χ0v) is 35.9. The molecule has 54 heavy (non-hydrogen) atoms. The van der Waals surface area contributed by atoms with Crippen LogP contribution in [0.4, 0.5) is 0 Å². The minimum atomic E-state index is -0.875. The Morgan fingerprint density at radius 1 is 0.556 bits per heavy atom. The number of unbranched alkanes of at least 4 members (excludes halogenated alkanes) is 23. The number of likely N-dealkylation sites (N-methyl/N-ethyl adjacent to an activating group) is 1. The molecule has 0 aliphatic heterocycles. The molecule has 0 spiro atoms. The van der Waals surface area contributed by atoms with Crippen LogP contribution in [0.3, 0.4) is 0 Å². The lowest BCUT2D eigenvalue weighted by Gasteiger charge is -2.31. The third-order valence-electron chi connectivity index (χ3n) is 10.1. The highest BCUT2D eigenvalue weighted by atomic mass is 16.6. The predicted molar refractivity (Wildman–Crippen MR) is 225 cm³/mol. The van der Waals surface area contributed by atoms with E-state index in [0.717, 1.165) is 51.4 Å². The first-order valence-electron chi connectivity index (χ1n) is 22.4. The summed E-state index contributed by atoms with van der Waals surface area (Å²) in [5.74, 6) is -1.47. The molecule has 8 heteroatoms. The Kier molecular flexibility index (Phi) is 36.2. The van der Waals surface area contributed by atoms with Gasteiger partial charge in [-0.1, -0.05) is 167 Å². The van der Waals surface area contributed by atoms with Gasteiger partial charge in [-0.2, -0.15) is 0 Å². The third kappa shape index (κ3) is 35.5. The highest BCUT2D eigenvalue weighted by molar-refractivity contribution is 5.72. The van der Waals surface area contributed by atoms with E-state index in [-0.39, 0.29) is 36.2 Å². The maximum absolute atomic E-state index is 12.7. The van der Waals surface area contributed by atoms with Gasteiger partial charge in [0.2, 0.25) is 0 Å². The molecule has 0 rings (SSSR count). The Hall–Kier alpha value is -2.19. The quantitative estimate of drug-likeness (QED) is 0.0287. The molecule has 0 saturated carbocycles. The zero-order chi connectivity index (χ0) is 40.0. The summed E-state index contributed by atoms with van der Waals surface area (Å²) in [7, 11) is 5.53. The second kappa shape index (κ2) is 37.7. The maximum Gasteiger partial charge on any atom is 0.362 e. The van der Waals surface area contributed by atoms with Gasteiger partial charge in [-0.25, -0.2) is 4.79 Å². The fourth-order valence-electron chi connectivity index (χ4n) is 6.61. The largest absolute Gasteiger partial charge is 0.477 e. The first kappa shape index (κ1) is 51.8. The van der Waals surface area contributed by atoms with Gasteiger partial charge in [-0.3, -0.25) is 9.59 Å². The summed E-state index contributed by atoms with van der Waals surface area (Å²) in [5, 5.41) is 9.61. The molecule has 1 N–H and O–H groups in total. The van der Waals surface area contributed by atoms with Crippen molar-refractivity contribution < 1.29 is 38.2 Å². The summed E-state index contributed by atoms with van der Waals surface area (Å²) in [6.07, 6.45) is 40.7. The molecule has 0 aromatic heterocycles. The Morgan fingerprint density at radius 3 is 1.43 bits per heavy atom. The molecule has 0 heterocycles. The fraction of sp³-hybridized carbons (Fsp3) is 0.848. The van der Waals surface area contributed by atoms with E-state index in [9.17, 15) is 19.5 Å². The summed E-state index contributed by atoms with van der Waals surface area (Å²) in [5.41, 5.74) is 0. The fourth-order valence-corrected chi connectivity index (χ4v) is 6.61. The van der Waals surface area contributed by atoms with Crippen molar-refractivity contribution in [1.82, 2.24) is 0 Å². The summed E-state index contributed by atoms with van der Waals surface area (Å²) in [6, 6.07) is -0.613. The Balaban J connectivity index is 4.34. The highest BCUT2D eigenvalue weighted by Crippen LogP contribution is 2.15. The SMILES string of the molecule is CCCCC/C=C/C=C/CCCCCCCCC(=O)OC(COCCC(C(=O)O)[N+](C)(C)C)COC(=O)CCCCCCCCCCCCCCCCC. The van der Waals surface area contributed by atoms with Crippen LogP contribution in [-0.2, 0) is 28.6 Å². The lowest BCUT2D eigenvalue weighted by atomic mass is 10.0. The van der Waals surface area contributed by atoms with Gasteiger partial charge < -0.3 is 23.8 Å². The number of allylic oxidation sites excluding steroid dienone is 4. The van der Waals surface area contributed by atoms with Crippen LogP contribution in [-0.4, -0.2) is 80.6 Å². The Morgan fingerprint density at radius 2 is 0.963 bits per heavy atom. The van der Waals surface area contributed by atoms with E-state index in [2.05, 4.69) is 38.2 Å². The molecule has 0 aromatic rings. The lowest BCUT2D eigenvalue weighted by Crippen LogP contribution is -2.50. The van der Waals surface area contributed by atoms with E-state index in [1.54, 1.807) is 0 Å². The van der Waals surface area contributed by atoms with Crippen LogP contribution >= 0.6 is 0 Å². The molecule has 2 unspecified atom stereocenters. The normalized spacial score (nSPS) is 13.1. The monoisotopic (exact) mass is 765 g/mol. The molecule has 0 aliphatic rings. The summed E-state index contributed by atoms with van der Waals surface area (Å²) in [6.45, 7) is 4.71. The Bertz CT molecular complexity index is 942. The van der Waals surface area contributed by atoms with E-state index in [1.807, 2.05) is 21.1 Å². The maximum atomic E-state index is 12.7. The van der Waals surface area contributed by atoms with Crippen molar-refractivity contribution in [3.05, 3.63) is 24.3 Å². The molecule has 0 saturated heterocycles. The van der Waals surface area contributed by atoms with E-state index < -0.39 is 18.1 Å². The number of carboxylic acid groups (broad SMARTS) is 1. The third-order valence-corrected chi connectivity index (χ3v) is 10.1. The van der Waals surface area contributed by atoms with Crippen molar-refractivity contribution in [3.63, 3.8) is 0 Å². The zero-order valence-electron chi connectivity index (χ0n) is 35.9. The van der Waals surface area contributed by atoms with Crippen LogP contribution in [0.25, 0.3) is 0 Å². The number of rotatable bonds is 40. The number of hydrogen-bond donors (Lipinski definition) is 1.